The first kappa shape index (κ1) is 15.3. The second-order valence-electron chi connectivity index (χ2n) is 4.36. The summed E-state index contributed by atoms with van der Waals surface area (Å²) in [5, 5.41) is 5.14. The highest BCUT2D eigenvalue weighted by molar-refractivity contribution is 5.80. The molecule has 0 heterocycles. The second kappa shape index (κ2) is 7.01. The minimum absolute atomic E-state index is 0.0223. The highest BCUT2D eigenvalue weighted by Crippen LogP contribution is 2.17. The van der Waals surface area contributed by atoms with Crippen LogP contribution in [0.3, 0.4) is 0 Å². The molecule has 0 aliphatic heterocycles. The Hall–Kier alpha value is -1.72. The van der Waals surface area contributed by atoms with E-state index in [1.807, 2.05) is 13.8 Å². The molecule has 19 heavy (non-hydrogen) atoms. The quantitative estimate of drug-likeness (QED) is 0.783. The van der Waals surface area contributed by atoms with Gasteiger partial charge in [0, 0.05) is 18.2 Å². The molecule has 6 heteroatoms. The van der Waals surface area contributed by atoms with Crippen molar-refractivity contribution in [2.45, 2.75) is 32.7 Å². The van der Waals surface area contributed by atoms with Gasteiger partial charge in [0.25, 0.3) is 0 Å². The minimum atomic E-state index is -1.26. The topological polar surface area (TPSA) is 41.1 Å². The van der Waals surface area contributed by atoms with Crippen molar-refractivity contribution in [1.29, 1.82) is 0 Å². The van der Waals surface area contributed by atoms with Crippen LogP contribution in [0.1, 0.15) is 26.7 Å². The van der Waals surface area contributed by atoms with Gasteiger partial charge in [-0.1, -0.05) is 13.3 Å². The van der Waals surface area contributed by atoms with Gasteiger partial charge < -0.3 is 10.6 Å². The van der Waals surface area contributed by atoms with Crippen molar-refractivity contribution >= 4 is 11.6 Å². The average molecular weight is 274 g/mol. The van der Waals surface area contributed by atoms with Crippen molar-refractivity contribution in [3.63, 3.8) is 0 Å². The SMILES string of the molecule is CCCC(C)NC(=O)CNc1cc(F)c(F)cc1F. The Morgan fingerprint density at radius 3 is 2.47 bits per heavy atom. The molecule has 0 aliphatic rings. The van der Waals surface area contributed by atoms with E-state index < -0.39 is 17.5 Å². The Morgan fingerprint density at radius 2 is 1.84 bits per heavy atom. The van der Waals surface area contributed by atoms with Gasteiger partial charge in [0.1, 0.15) is 5.82 Å². The minimum Gasteiger partial charge on any atom is -0.374 e. The van der Waals surface area contributed by atoms with Crippen LogP contribution in [-0.2, 0) is 4.79 Å². The average Bonchev–Trinajstić information content (AvgIpc) is 2.32. The van der Waals surface area contributed by atoms with E-state index in [1.54, 1.807) is 0 Å². The lowest BCUT2D eigenvalue weighted by Crippen LogP contribution is -2.36. The van der Waals surface area contributed by atoms with Gasteiger partial charge in [-0.05, 0) is 13.3 Å². The predicted molar refractivity (Wildman–Crippen MR) is 67.3 cm³/mol. The fraction of sp³-hybridized carbons (Fsp3) is 0.462. The van der Waals surface area contributed by atoms with E-state index in [2.05, 4.69) is 10.6 Å². The molecule has 1 unspecified atom stereocenters. The van der Waals surface area contributed by atoms with E-state index in [0.717, 1.165) is 12.8 Å². The third-order valence-corrected chi connectivity index (χ3v) is 2.58. The van der Waals surface area contributed by atoms with Crippen LogP contribution in [0.5, 0.6) is 0 Å². The molecule has 3 nitrogen and oxygen atoms in total. The summed E-state index contributed by atoms with van der Waals surface area (Å²) in [5.41, 5.74) is -0.239. The summed E-state index contributed by atoms with van der Waals surface area (Å²) in [6, 6.07) is 1.15. The normalized spacial score (nSPS) is 12.1. The summed E-state index contributed by atoms with van der Waals surface area (Å²) in [5.74, 6) is -3.69. The van der Waals surface area contributed by atoms with E-state index in [9.17, 15) is 18.0 Å². The first-order valence-electron chi connectivity index (χ1n) is 6.11. The number of carbonyl (C=O) groups is 1. The highest BCUT2D eigenvalue weighted by atomic mass is 19.2. The van der Waals surface area contributed by atoms with Crippen molar-refractivity contribution < 1.29 is 18.0 Å². The van der Waals surface area contributed by atoms with E-state index in [4.69, 9.17) is 0 Å². The van der Waals surface area contributed by atoms with E-state index in [0.29, 0.717) is 12.1 Å². The molecule has 0 spiro atoms. The van der Waals surface area contributed by atoms with E-state index in [1.165, 1.54) is 0 Å². The number of carbonyl (C=O) groups excluding carboxylic acids is 1. The monoisotopic (exact) mass is 274 g/mol. The maximum Gasteiger partial charge on any atom is 0.239 e. The Kier molecular flexibility index (Phi) is 5.66. The lowest BCUT2D eigenvalue weighted by Gasteiger charge is -2.13. The summed E-state index contributed by atoms with van der Waals surface area (Å²) in [6.07, 6.45) is 1.78. The molecular weight excluding hydrogens is 257 g/mol. The standard InChI is InChI=1S/C13H17F3N2O/c1-3-4-8(2)18-13(19)7-17-12-6-10(15)9(14)5-11(12)16/h5-6,8,17H,3-4,7H2,1-2H3,(H,18,19). The van der Waals surface area contributed by atoms with Crippen LogP contribution in [0.25, 0.3) is 0 Å². The van der Waals surface area contributed by atoms with E-state index in [-0.39, 0.29) is 24.2 Å². The molecule has 0 saturated heterocycles. The number of hydrogen-bond donors (Lipinski definition) is 2. The summed E-state index contributed by atoms with van der Waals surface area (Å²) in [7, 11) is 0. The van der Waals surface area contributed by atoms with Crippen LogP contribution >= 0.6 is 0 Å². The van der Waals surface area contributed by atoms with Crippen molar-refractivity contribution in [2.24, 2.45) is 0 Å². The van der Waals surface area contributed by atoms with Crippen LogP contribution in [0, 0.1) is 17.5 Å². The van der Waals surface area contributed by atoms with Crippen LogP contribution in [0.4, 0.5) is 18.9 Å². The number of benzene rings is 1. The number of hydrogen-bond acceptors (Lipinski definition) is 2. The number of halogens is 3. The fourth-order valence-corrected chi connectivity index (χ4v) is 1.66. The van der Waals surface area contributed by atoms with Gasteiger partial charge >= 0.3 is 0 Å². The molecule has 1 amide bonds. The summed E-state index contributed by atoms with van der Waals surface area (Å²) in [4.78, 5) is 11.5. The van der Waals surface area contributed by atoms with Crippen LogP contribution < -0.4 is 10.6 Å². The number of anilines is 1. The van der Waals surface area contributed by atoms with Crippen molar-refractivity contribution in [2.75, 3.05) is 11.9 Å². The molecule has 0 aliphatic carbocycles. The Morgan fingerprint density at radius 1 is 1.21 bits per heavy atom. The first-order valence-corrected chi connectivity index (χ1v) is 6.11. The Balaban J connectivity index is 2.53. The summed E-state index contributed by atoms with van der Waals surface area (Å²) in [6.45, 7) is 3.66. The third kappa shape index (κ3) is 4.81. The zero-order valence-corrected chi connectivity index (χ0v) is 10.9. The molecule has 2 N–H and O–H groups in total. The molecule has 0 radical (unpaired) electrons. The van der Waals surface area contributed by atoms with Gasteiger partial charge in [-0.25, -0.2) is 13.2 Å². The molecule has 106 valence electrons. The molecule has 1 aromatic carbocycles. The number of nitrogens with one attached hydrogen (secondary N) is 2. The maximum absolute atomic E-state index is 13.3. The van der Waals surface area contributed by atoms with Crippen molar-refractivity contribution in [3.8, 4) is 0 Å². The number of rotatable bonds is 6. The van der Waals surface area contributed by atoms with E-state index >= 15 is 0 Å². The number of amides is 1. The van der Waals surface area contributed by atoms with Crippen LogP contribution in [-0.4, -0.2) is 18.5 Å². The first-order chi connectivity index (χ1) is 8.93. The van der Waals surface area contributed by atoms with Gasteiger partial charge in [0.15, 0.2) is 11.6 Å². The lowest BCUT2D eigenvalue weighted by molar-refractivity contribution is -0.120. The van der Waals surface area contributed by atoms with Gasteiger partial charge in [0.2, 0.25) is 5.91 Å². The zero-order chi connectivity index (χ0) is 14.4. The summed E-state index contributed by atoms with van der Waals surface area (Å²) < 4.78 is 38.9. The highest BCUT2D eigenvalue weighted by Gasteiger charge is 2.11. The Bertz CT molecular complexity index is 452. The zero-order valence-electron chi connectivity index (χ0n) is 10.9. The molecule has 1 aromatic rings. The molecule has 1 atom stereocenters. The van der Waals surface area contributed by atoms with Crippen molar-refractivity contribution in [3.05, 3.63) is 29.6 Å². The predicted octanol–water partition coefficient (Wildman–Crippen LogP) is 2.82. The molecular formula is C13H17F3N2O. The molecule has 0 aromatic heterocycles. The van der Waals surface area contributed by atoms with Gasteiger partial charge in [-0.3, -0.25) is 4.79 Å². The van der Waals surface area contributed by atoms with Gasteiger partial charge in [-0.2, -0.15) is 0 Å². The van der Waals surface area contributed by atoms with Crippen molar-refractivity contribution in [1.82, 2.24) is 5.32 Å². The molecule has 0 saturated carbocycles. The maximum atomic E-state index is 13.3. The van der Waals surface area contributed by atoms with Crippen LogP contribution in [0.2, 0.25) is 0 Å². The summed E-state index contributed by atoms with van der Waals surface area (Å²) >= 11 is 0. The second-order valence-corrected chi connectivity index (χ2v) is 4.36. The van der Waals surface area contributed by atoms with Crippen LogP contribution in [0.15, 0.2) is 12.1 Å². The largest absolute Gasteiger partial charge is 0.374 e. The molecule has 1 rings (SSSR count). The lowest BCUT2D eigenvalue weighted by atomic mass is 10.2. The Labute approximate surface area is 110 Å². The third-order valence-electron chi connectivity index (χ3n) is 2.58. The fourth-order valence-electron chi connectivity index (χ4n) is 1.66. The smallest absolute Gasteiger partial charge is 0.239 e. The van der Waals surface area contributed by atoms with Gasteiger partial charge in [0.05, 0.1) is 12.2 Å². The molecule has 0 bridgehead atoms. The van der Waals surface area contributed by atoms with Gasteiger partial charge in [-0.15, -0.1) is 0 Å². The molecule has 0 fully saturated rings.